The number of rotatable bonds is 6. The van der Waals surface area contributed by atoms with Gasteiger partial charge in [0.2, 0.25) is 10.0 Å². The molecule has 1 aromatic carbocycles. The van der Waals surface area contributed by atoms with Crippen LogP contribution in [-0.4, -0.2) is 63.2 Å². The molecule has 1 N–H and O–H groups in total. The minimum Gasteiger partial charge on any atom is -0.450 e. The van der Waals surface area contributed by atoms with Gasteiger partial charge in [0, 0.05) is 38.3 Å². The fraction of sp³-hybridized carbons (Fsp3) is 0.650. The van der Waals surface area contributed by atoms with Crippen molar-refractivity contribution >= 4 is 27.5 Å². The SMILES string of the molecule is CCOC(=O)N1CCN(c2ccc(S(=O)(=O)NC3CCC(C)CC3)cc2[N+](=O)[O-])CC1. The van der Waals surface area contributed by atoms with Gasteiger partial charge in [-0.3, -0.25) is 10.1 Å². The smallest absolute Gasteiger partial charge is 0.409 e. The molecule has 1 saturated heterocycles. The van der Waals surface area contributed by atoms with Gasteiger partial charge < -0.3 is 14.5 Å². The standard InChI is InChI=1S/C20H30N4O6S/c1-3-30-20(25)23-12-10-22(11-13-23)18-9-8-17(14-19(18)24(26)27)31(28,29)21-16-6-4-15(2)5-7-16/h8-9,14-16,21H,3-7,10-13H2,1-2H3. The van der Waals surface area contributed by atoms with Crippen LogP contribution in [0.1, 0.15) is 39.5 Å². The average Bonchev–Trinajstić information content (AvgIpc) is 2.75. The van der Waals surface area contributed by atoms with Gasteiger partial charge >= 0.3 is 6.09 Å². The van der Waals surface area contributed by atoms with E-state index in [1.807, 2.05) is 0 Å². The number of amides is 1. The number of carbonyl (C=O) groups excluding carboxylic acids is 1. The van der Waals surface area contributed by atoms with E-state index < -0.39 is 21.0 Å². The number of nitrogens with zero attached hydrogens (tertiary/aromatic N) is 3. The van der Waals surface area contributed by atoms with Crippen molar-refractivity contribution in [3.63, 3.8) is 0 Å². The molecule has 0 bridgehead atoms. The van der Waals surface area contributed by atoms with Gasteiger partial charge in [-0.15, -0.1) is 0 Å². The molecule has 1 heterocycles. The average molecular weight is 455 g/mol. The number of hydrogen-bond acceptors (Lipinski definition) is 7. The van der Waals surface area contributed by atoms with Crippen LogP contribution >= 0.6 is 0 Å². The number of nitro groups is 1. The van der Waals surface area contributed by atoms with Crippen LogP contribution in [0, 0.1) is 16.0 Å². The van der Waals surface area contributed by atoms with Crippen molar-refractivity contribution in [3.8, 4) is 0 Å². The third kappa shape index (κ3) is 5.65. The van der Waals surface area contributed by atoms with Crippen LogP contribution in [0.2, 0.25) is 0 Å². The molecule has 2 fully saturated rings. The van der Waals surface area contributed by atoms with Gasteiger partial charge in [0.15, 0.2) is 0 Å². The second-order valence-electron chi connectivity index (χ2n) is 8.16. The highest BCUT2D eigenvalue weighted by molar-refractivity contribution is 7.89. The Balaban J connectivity index is 1.74. The van der Waals surface area contributed by atoms with Gasteiger partial charge in [-0.05, 0) is 50.7 Å². The van der Waals surface area contributed by atoms with Gasteiger partial charge in [0.25, 0.3) is 5.69 Å². The summed E-state index contributed by atoms with van der Waals surface area (Å²) < 4.78 is 33.3. The van der Waals surface area contributed by atoms with Crippen LogP contribution in [0.4, 0.5) is 16.2 Å². The van der Waals surface area contributed by atoms with Crippen molar-refractivity contribution in [2.75, 3.05) is 37.7 Å². The predicted octanol–water partition coefficient (Wildman–Crippen LogP) is 2.73. The van der Waals surface area contributed by atoms with Gasteiger partial charge in [0.1, 0.15) is 5.69 Å². The van der Waals surface area contributed by atoms with Crippen LogP contribution in [0.15, 0.2) is 23.1 Å². The number of carbonyl (C=O) groups is 1. The van der Waals surface area contributed by atoms with Gasteiger partial charge in [-0.25, -0.2) is 17.9 Å². The summed E-state index contributed by atoms with van der Waals surface area (Å²) in [6.07, 6.45) is 3.06. The second kappa shape index (κ2) is 9.82. The summed E-state index contributed by atoms with van der Waals surface area (Å²) >= 11 is 0. The summed E-state index contributed by atoms with van der Waals surface area (Å²) in [4.78, 5) is 26.2. The van der Waals surface area contributed by atoms with Crippen molar-refractivity contribution in [3.05, 3.63) is 28.3 Å². The molecule has 1 amide bonds. The molecule has 1 saturated carbocycles. The molecular weight excluding hydrogens is 424 g/mol. The summed E-state index contributed by atoms with van der Waals surface area (Å²) in [5.41, 5.74) is 0.0867. The largest absolute Gasteiger partial charge is 0.450 e. The quantitative estimate of drug-likeness (QED) is 0.518. The van der Waals surface area contributed by atoms with E-state index >= 15 is 0 Å². The number of hydrogen-bond donors (Lipinski definition) is 1. The van der Waals surface area contributed by atoms with E-state index in [-0.39, 0.29) is 23.2 Å². The van der Waals surface area contributed by atoms with Crippen LogP contribution in [-0.2, 0) is 14.8 Å². The molecule has 0 atom stereocenters. The molecule has 2 aliphatic rings. The zero-order chi connectivity index (χ0) is 22.6. The molecule has 11 heteroatoms. The fourth-order valence-corrected chi connectivity index (χ4v) is 5.42. The number of ether oxygens (including phenoxy) is 1. The Morgan fingerprint density at radius 1 is 1.19 bits per heavy atom. The summed E-state index contributed by atoms with van der Waals surface area (Å²) in [5, 5.41) is 11.7. The maximum Gasteiger partial charge on any atom is 0.409 e. The minimum absolute atomic E-state index is 0.105. The van der Waals surface area contributed by atoms with Crippen molar-refractivity contribution < 1.29 is 22.9 Å². The first kappa shape index (κ1) is 23.3. The molecule has 0 unspecified atom stereocenters. The van der Waals surface area contributed by atoms with Crippen molar-refractivity contribution in [1.29, 1.82) is 0 Å². The maximum absolute atomic E-state index is 12.8. The highest BCUT2D eigenvalue weighted by Crippen LogP contribution is 2.32. The second-order valence-corrected chi connectivity index (χ2v) is 9.87. The lowest BCUT2D eigenvalue weighted by Gasteiger charge is -2.35. The lowest BCUT2D eigenvalue weighted by molar-refractivity contribution is -0.384. The highest BCUT2D eigenvalue weighted by atomic mass is 32.2. The Hall–Kier alpha value is -2.40. The lowest BCUT2D eigenvalue weighted by Crippen LogP contribution is -2.49. The molecule has 0 radical (unpaired) electrons. The summed E-state index contributed by atoms with van der Waals surface area (Å²) in [7, 11) is -3.85. The van der Waals surface area contributed by atoms with E-state index in [0.717, 1.165) is 31.7 Å². The third-order valence-electron chi connectivity index (χ3n) is 5.94. The highest BCUT2D eigenvalue weighted by Gasteiger charge is 2.30. The Morgan fingerprint density at radius 3 is 2.42 bits per heavy atom. The molecule has 1 aliphatic carbocycles. The molecular formula is C20H30N4O6S. The first-order valence-electron chi connectivity index (χ1n) is 10.7. The topological polar surface area (TPSA) is 122 Å². The summed E-state index contributed by atoms with van der Waals surface area (Å²) in [6, 6.07) is 3.88. The Labute approximate surface area is 182 Å². The fourth-order valence-electron chi connectivity index (χ4n) is 4.09. The number of piperazine rings is 1. The Kier molecular flexibility index (Phi) is 7.37. The Morgan fingerprint density at radius 2 is 1.84 bits per heavy atom. The molecule has 31 heavy (non-hydrogen) atoms. The monoisotopic (exact) mass is 454 g/mol. The van der Waals surface area contributed by atoms with E-state index in [0.29, 0.717) is 37.8 Å². The van der Waals surface area contributed by atoms with Crippen LogP contribution in [0.5, 0.6) is 0 Å². The normalized spacial score (nSPS) is 22.3. The molecule has 172 valence electrons. The molecule has 10 nitrogen and oxygen atoms in total. The zero-order valence-electron chi connectivity index (χ0n) is 18.0. The first-order chi connectivity index (χ1) is 14.7. The molecule has 1 aliphatic heterocycles. The Bertz CT molecular complexity index is 906. The van der Waals surface area contributed by atoms with Gasteiger partial charge in [0.05, 0.1) is 16.4 Å². The molecule has 0 aromatic heterocycles. The van der Waals surface area contributed by atoms with Crippen molar-refractivity contribution in [2.24, 2.45) is 5.92 Å². The molecule has 3 rings (SSSR count). The molecule has 0 spiro atoms. The maximum atomic E-state index is 12.8. The summed E-state index contributed by atoms with van der Waals surface area (Å²) in [5.74, 6) is 0.588. The van der Waals surface area contributed by atoms with Crippen LogP contribution < -0.4 is 9.62 Å². The van der Waals surface area contributed by atoms with E-state index in [2.05, 4.69) is 11.6 Å². The van der Waals surface area contributed by atoms with Crippen LogP contribution in [0.3, 0.4) is 0 Å². The van der Waals surface area contributed by atoms with E-state index in [9.17, 15) is 23.3 Å². The van der Waals surface area contributed by atoms with Crippen molar-refractivity contribution in [1.82, 2.24) is 9.62 Å². The minimum atomic E-state index is -3.85. The number of anilines is 1. The summed E-state index contributed by atoms with van der Waals surface area (Å²) in [6.45, 7) is 5.70. The van der Waals surface area contributed by atoms with Gasteiger partial charge in [-0.2, -0.15) is 0 Å². The predicted molar refractivity (Wildman–Crippen MR) is 116 cm³/mol. The van der Waals surface area contributed by atoms with Gasteiger partial charge in [-0.1, -0.05) is 6.92 Å². The zero-order valence-corrected chi connectivity index (χ0v) is 18.8. The van der Waals surface area contributed by atoms with E-state index in [4.69, 9.17) is 4.74 Å². The van der Waals surface area contributed by atoms with Crippen molar-refractivity contribution in [2.45, 2.75) is 50.5 Å². The van der Waals surface area contributed by atoms with E-state index in [1.54, 1.807) is 16.7 Å². The number of sulfonamides is 1. The number of benzene rings is 1. The first-order valence-corrected chi connectivity index (χ1v) is 12.2. The third-order valence-corrected chi connectivity index (χ3v) is 7.46. The van der Waals surface area contributed by atoms with Crippen LogP contribution in [0.25, 0.3) is 0 Å². The number of nitro benzene ring substituents is 1. The lowest BCUT2D eigenvalue weighted by atomic mass is 9.88. The number of nitrogens with one attached hydrogen (secondary N) is 1. The molecule has 1 aromatic rings. The van der Waals surface area contributed by atoms with E-state index in [1.165, 1.54) is 12.1 Å².